The Balaban J connectivity index is 1.19. The van der Waals surface area contributed by atoms with E-state index in [0.29, 0.717) is 47.6 Å². The number of piperazine rings is 1. The van der Waals surface area contributed by atoms with Gasteiger partial charge in [-0.05, 0) is 97.7 Å². The number of carbonyl (C=O) groups excluding carboxylic acids is 1. The third kappa shape index (κ3) is 6.73. The van der Waals surface area contributed by atoms with Crippen LogP contribution in [0.4, 0.5) is 0 Å². The van der Waals surface area contributed by atoms with E-state index in [4.69, 9.17) is 32.7 Å². The van der Waals surface area contributed by atoms with Crippen molar-refractivity contribution in [1.82, 2.24) is 15.5 Å². The van der Waals surface area contributed by atoms with Crippen molar-refractivity contribution in [2.75, 3.05) is 26.3 Å². The Morgan fingerprint density at radius 2 is 1.67 bits per heavy atom. The molecule has 2 atom stereocenters. The van der Waals surface area contributed by atoms with Crippen molar-refractivity contribution in [1.29, 1.82) is 0 Å². The van der Waals surface area contributed by atoms with Crippen LogP contribution in [-0.4, -0.2) is 55.2 Å². The minimum Gasteiger partial charge on any atom is -0.490 e. The van der Waals surface area contributed by atoms with E-state index >= 15 is 0 Å². The lowest BCUT2D eigenvalue weighted by atomic mass is 9.83. The van der Waals surface area contributed by atoms with E-state index in [0.717, 1.165) is 60.4 Å². The number of ether oxygens (including phenoxy) is 2. The van der Waals surface area contributed by atoms with E-state index in [1.165, 1.54) is 16.7 Å². The highest BCUT2D eigenvalue weighted by molar-refractivity contribution is 6.37. The average Bonchev–Trinajstić information content (AvgIpc) is 3.82. The fourth-order valence-corrected chi connectivity index (χ4v) is 6.90. The summed E-state index contributed by atoms with van der Waals surface area (Å²) in [6.07, 6.45) is 2.94. The topological polar surface area (TPSA) is 62.8 Å². The molecule has 43 heavy (non-hydrogen) atoms. The first-order chi connectivity index (χ1) is 20.8. The maximum Gasteiger partial charge on any atom is 0.252 e. The molecule has 0 spiro atoms. The largest absolute Gasteiger partial charge is 0.490 e. The predicted molar refractivity (Wildman–Crippen MR) is 173 cm³/mol. The van der Waals surface area contributed by atoms with Gasteiger partial charge in [0.05, 0.1) is 16.1 Å². The van der Waals surface area contributed by atoms with Crippen LogP contribution in [-0.2, 0) is 11.3 Å². The first-order valence-corrected chi connectivity index (χ1v) is 15.9. The number of aryl methyl sites for hydroxylation is 2. The Bertz CT molecular complexity index is 1510. The quantitative estimate of drug-likeness (QED) is 0.249. The Morgan fingerprint density at radius 3 is 2.40 bits per heavy atom. The van der Waals surface area contributed by atoms with Gasteiger partial charge >= 0.3 is 0 Å². The van der Waals surface area contributed by atoms with Crippen LogP contribution in [0.3, 0.4) is 0 Å². The summed E-state index contributed by atoms with van der Waals surface area (Å²) in [7, 11) is 0. The zero-order chi connectivity index (χ0) is 30.1. The van der Waals surface area contributed by atoms with Crippen molar-refractivity contribution < 1.29 is 14.3 Å². The second kappa shape index (κ2) is 12.9. The molecule has 3 aliphatic rings. The number of hydrogen-bond acceptors (Lipinski definition) is 5. The van der Waals surface area contributed by atoms with Crippen LogP contribution in [0.5, 0.6) is 11.5 Å². The van der Waals surface area contributed by atoms with Gasteiger partial charge in [-0.1, -0.05) is 53.5 Å². The number of fused-ring (bicyclic) bond motifs is 2. The number of rotatable bonds is 10. The molecule has 1 amide bonds. The number of halogens is 2. The molecule has 0 radical (unpaired) electrons. The van der Waals surface area contributed by atoms with Crippen molar-refractivity contribution in [2.24, 2.45) is 0 Å². The number of benzene rings is 3. The van der Waals surface area contributed by atoms with Crippen molar-refractivity contribution >= 4 is 34.7 Å². The van der Waals surface area contributed by atoms with E-state index < -0.39 is 0 Å². The summed E-state index contributed by atoms with van der Waals surface area (Å²) < 4.78 is 11.8. The number of nitrogens with one attached hydrogen (secondary N) is 2. The van der Waals surface area contributed by atoms with Crippen LogP contribution in [0.1, 0.15) is 47.1 Å². The monoisotopic (exact) mass is 619 g/mol. The summed E-state index contributed by atoms with van der Waals surface area (Å²) in [5.74, 6) is 1.37. The summed E-state index contributed by atoms with van der Waals surface area (Å²) in [5.41, 5.74) is 7.85. The first-order valence-electron chi connectivity index (χ1n) is 15.2. The van der Waals surface area contributed by atoms with Crippen LogP contribution in [0.15, 0.2) is 60.2 Å². The van der Waals surface area contributed by atoms with E-state index in [1.54, 1.807) is 0 Å². The summed E-state index contributed by atoms with van der Waals surface area (Å²) >= 11 is 12.6. The first kappa shape index (κ1) is 30.0. The smallest absolute Gasteiger partial charge is 0.252 e. The highest BCUT2D eigenvalue weighted by Crippen LogP contribution is 2.37. The SMILES string of the molecule is Cc1cc(Cl)c(OCCOc2ccc(C3=C(C(=O)N(Cc4cccc(C)c4C)C4CC4)[C@H]4CNCC(C3)N4)cc2)c(Cl)c1. The molecular weight excluding hydrogens is 581 g/mol. The Labute approximate surface area is 264 Å². The summed E-state index contributed by atoms with van der Waals surface area (Å²) in [5, 5.41) is 8.24. The molecule has 1 saturated heterocycles. The van der Waals surface area contributed by atoms with Gasteiger partial charge < -0.3 is 25.0 Å². The summed E-state index contributed by atoms with van der Waals surface area (Å²) in [4.78, 5) is 16.6. The number of nitrogens with zero attached hydrogens (tertiary/aromatic N) is 1. The van der Waals surface area contributed by atoms with E-state index in [1.807, 2.05) is 31.2 Å². The highest BCUT2D eigenvalue weighted by Gasteiger charge is 2.41. The zero-order valence-electron chi connectivity index (χ0n) is 25.0. The minimum absolute atomic E-state index is 0.0108. The van der Waals surface area contributed by atoms with Crippen LogP contribution in [0, 0.1) is 20.8 Å². The predicted octanol–water partition coefficient (Wildman–Crippen LogP) is 6.65. The molecule has 0 aromatic heterocycles. The van der Waals surface area contributed by atoms with E-state index in [9.17, 15) is 4.79 Å². The van der Waals surface area contributed by atoms with Gasteiger partial charge in [0.25, 0.3) is 5.91 Å². The number of amides is 1. The average molecular weight is 621 g/mol. The number of carbonyl (C=O) groups is 1. The summed E-state index contributed by atoms with van der Waals surface area (Å²) in [6.45, 7) is 9.18. The molecule has 1 aliphatic carbocycles. The van der Waals surface area contributed by atoms with Gasteiger partial charge in [-0.2, -0.15) is 0 Å². The molecule has 2 bridgehead atoms. The number of hydrogen-bond donors (Lipinski definition) is 2. The van der Waals surface area contributed by atoms with Crippen LogP contribution < -0.4 is 20.1 Å². The molecule has 3 aromatic carbocycles. The Morgan fingerprint density at radius 1 is 0.953 bits per heavy atom. The van der Waals surface area contributed by atoms with Gasteiger partial charge in [-0.3, -0.25) is 4.79 Å². The second-order valence-electron chi connectivity index (χ2n) is 12.0. The molecule has 2 heterocycles. The van der Waals surface area contributed by atoms with Crippen LogP contribution >= 0.6 is 23.2 Å². The van der Waals surface area contributed by atoms with E-state index in [-0.39, 0.29) is 11.9 Å². The molecule has 6 rings (SSSR count). The molecule has 1 saturated carbocycles. The maximum absolute atomic E-state index is 14.4. The van der Waals surface area contributed by atoms with Crippen molar-refractivity contribution in [2.45, 2.75) is 64.7 Å². The fourth-order valence-electron chi connectivity index (χ4n) is 6.19. The normalized spacial score (nSPS) is 19.7. The van der Waals surface area contributed by atoms with Gasteiger partial charge in [0, 0.05) is 37.3 Å². The van der Waals surface area contributed by atoms with Gasteiger partial charge in [0.15, 0.2) is 5.75 Å². The molecule has 226 valence electrons. The van der Waals surface area contributed by atoms with Gasteiger partial charge in [-0.25, -0.2) is 0 Å². The molecule has 2 aliphatic heterocycles. The third-order valence-electron chi connectivity index (χ3n) is 8.78. The lowest BCUT2D eigenvalue weighted by Crippen LogP contribution is -2.60. The molecule has 3 aromatic rings. The van der Waals surface area contributed by atoms with Crippen molar-refractivity contribution in [3.63, 3.8) is 0 Å². The van der Waals surface area contributed by atoms with Gasteiger partial charge in [-0.15, -0.1) is 0 Å². The van der Waals surface area contributed by atoms with Crippen molar-refractivity contribution in [3.05, 3.63) is 98.0 Å². The summed E-state index contributed by atoms with van der Waals surface area (Å²) in [6, 6.07) is 18.7. The van der Waals surface area contributed by atoms with E-state index in [2.05, 4.69) is 59.7 Å². The standard InChI is InChI=1S/C35H39Cl2N3O3/c1-21-15-30(36)34(31(37)16-21)43-14-13-42-28-11-7-24(8-12-28)29-17-26-18-38-19-32(39-26)33(29)35(41)40(27-9-10-27)20-25-6-4-5-22(2)23(25)3/h4-8,11-12,15-16,26-27,32,38-39H,9-10,13-14,17-20H2,1-3H3/t26?,32-/m1/s1. The molecule has 6 nitrogen and oxygen atoms in total. The third-order valence-corrected chi connectivity index (χ3v) is 9.34. The minimum atomic E-state index is -0.0108. The lowest BCUT2D eigenvalue weighted by Gasteiger charge is -2.41. The molecule has 8 heteroatoms. The lowest BCUT2D eigenvalue weighted by molar-refractivity contribution is -0.128. The van der Waals surface area contributed by atoms with Crippen molar-refractivity contribution in [3.8, 4) is 11.5 Å². The molecular formula is C35H39Cl2N3O3. The molecule has 2 fully saturated rings. The fraction of sp³-hybridized carbons (Fsp3) is 0.400. The van der Waals surface area contributed by atoms with Gasteiger partial charge in [0.2, 0.25) is 0 Å². The second-order valence-corrected chi connectivity index (χ2v) is 12.8. The van der Waals surface area contributed by atoms with Crippen LogP contribution in [0.2, 0.25) is 10.0 Å². The molecule has 2 N–H and O–H groups in total. The van der Waals surface area contributed by atoms with Crippen LogP contribution in [0.25, 0.3) is 5.57 Å². The van der Waals surface area contributed by atoms with Gasteiger partial charge in [0.1, 0.15) is 19.0 Å². The highest BCUT2D eigenvalue weighted by atomic mass is 35.5. The zero-order valence-corrected chi connectivity index (χ0v) is 26.5. The Kier molecular flexibility index (Phi) is 9.01. The molecule has 1 unspecified atom stereocenters. The Hall–Kier alpha value is -3.03. The maximum atomic E-state index is 14.4.